The second kappa shape index (κ2) is 7.32. The Morgan fingerprint density at radius 1 is 1.00 bits per heavy atom. The highest BCUT2D eigenvalue weighted by atomic mass is 19.1. The van der Waals surface area contributed by atoms with E-state index in [9.17, 15) is 14.0 Å². The minimum atomic E-state index is -0.482. The van der Waals surface area contributed by atoms with Gasteiger partial charge in [0.2, 0.25) is 0 Å². The molecule has 1 fully saturated rings. The van der Waals surface area contributed by atoms with E-state index in [1.54, 1.807) is 17.0 Å². The average molecular weight is 365 g/mol. The van der Waals surface area contributed by atoms with Gasteiger partial charge in [-0.25, -0.2) is 4.39 Å². The van der Waals surface area contributed by atoms with Crippen molar-refractivity contribution in [1.29, 1.82) is 0 Å². The van der Waals surface area contributed by atoms with Crippen LogP contribution in [0.4, 0.5) is 4.39 Å². The summed E-state index contributed by atoms with van der Waals surface area (Å²) in [4.78, 5) is 31.7. The van der Waals surface area contributed by atoms with Gasteiger partial charge in [0.05, 0.1) is 5.52 Å². The van der Waals surface area contributed by atoms with Gasteiger partial charge in [-0.05, 0) is 35.2 Å². The first-order chi connectivity index (χ1) is 13.1. The molecule has 1 saturated heterocycles. The molecule has 0 aliphatic carbocycles. The van der Waals surface area contributed by atoms with E-state index in [1.807, 2.05) is 18.2 Å². The van der Waals surface area contributed by atoms with E-state index in [0.29, 0.717) is 24.0 Å². The first-order valence-electron chi connectivity index (χ1n) is 8.98. The highest BCUT2D eigenvalue weighted by molar-refractivity contribution is 5.97. The Labute approximate surface area is 156 Å². The molecule has 0 spiro atoms. The maximum Gasteiger partial charge on any atom is 0.261 e. The van der Waals surface area contributed by atoms with Crippen molar-refractivity contribution in [2.24, 2.45) is 0 Å². The van der Waals surface area contributed by atoms with Crippen LogP contribution >= 0.6 is 0 Å². The predicted octanol–water partition coefficient (Wildman–Crippen LogP) is 2.63. The Morgan fingerprint density at radius 3 is 2.48 bits per heavy atom. The number of carbonyl (C=O) groups excluding carboxylic acids is 1. The topological polar surface area (TPSA) is 56.4 Å². The van der Waals surface area contributed by atoms with Gasteiger partial charge < -0.3 is 9.88 Å². The first kappa shape index (κ1) is 17.4. The summed E-state index contributed by atoms with van der Waals surface area (Å²) in [5.41, 5.74) is 1.26. The fraction of sp³-hybridized carbons (Fsp3) is 0.238. The molecule has 1 aliphatic heterocycles. The van der Waals surface area contributed by atoms with Crippen LogP contribution in [0.15, 0.2) is 59.4 Å². The smallest absolute Gasteiger partial charge is 0.261 e. The number of H-pyrrole nitrogens is 1. The molecule has 2 aromatic carbocycles. The summed E-state index contributed by atoms with van der Waals surface area (Å²) in [7, 11) is 0. The van der Waals surface area contributed by atoms with E-state index in [0.717, 1.165) is 19.6 Å². The zero-order chi connectivity index (χ0) is 18.8. The number of nitrogens with one attached hydrogen (secondary N) is 1. The molecular formula is C21H20FN3O2. The first-order valence-corrected chi connectivity index (χ1v) is 8.98. The zero-order valence-electron chi connectivity index (χ0n) is 14.8. The molecule has 138 valence electrons. The molecule has 4 rings (SSSR count). The Bertz CT molecular complexity index is 1020. The lowest BCUT2D eigenvalue weighted by molar-refractivity contribution is 0.0627. The van der Waals surface area contributed by atoms with Gasteiger partial charge in [-0.2, -0.15) is 0 Å². The molecule has 6 heteroatoms. The van der Waals surface area contributed by atoms with Crippen LogP contribution in [0.1, 0.15) is 15.9 Å². The van der Waals surface area contributed by atoms with E-state index in [2.05, 4.69) is 22.0 Å². The number of pyridine rings is 1. The Morgan fingerprint density at radius 2 is 1.74 bits per heavy atom. The fourth-order valence-electron chi connectivity index (χ4n) is 3.45. The number of fused-ring (bicyclic) bond motifs is 1. The number of hydrogen-bond acceptors (Lipinski definition) is 3. The number of benzene rings is 2. The lowest BCUT2D eigenvalue weighted by Crippen LogP contribution is -2.49. The number of rotatable bonds is 3. The van der Waals surface area contributed by atoms with Gasteiger partial charge in [-0.15, -0.1) is 0 Å². The predicted molar refractivity (Wildman–Crippen MR) is 102 cm³/mol. The van der Waals surface area contributed by atoms with Crippen molar-refractivity contribution in [3.63, 3.8) is 0 Å². The van der Waals surface area contributed by atoms with Crippen molar-refractivity contribution in [3.8, 4) is 0 Å². The standard InChI is InChI=1S/C21H20FN3O2/c22-17-7-6-16-12-18(20(26)23-19(16)13-17)21(27)25-10-8-24(9-11-25)14-15-4-2-1-3-5-15/h1-7,12-13H,8-11,14H2,(H,23,26). The third kappa shape index (κ3) is 3.75. The molecule has 1 aromatic heterocycles. The molecule has 2 heterocycles. The van der Waals surface area contributed by atoms with Crippen molar-refractivity contribution in [3.05, 3.63) is 81.9 Å². The summed E-state index contributed by atoms with van der Waals surface area (Å²) in [6.07, 6.45) is 0. The van der Waals surface area contributed by atoms with E-state index in [4.69, 9.17) is 0 Å². The fourth-order valence-corrected chi connectivity index (χ4v) is 3.45. The highest BCUT2D eigenvalue weighted by Crippen LogP contribution is 2.15. The molecular weight excluding hydrogens is 345 g/mol. The number of hydrogen-bond donors (Lipinski definition) is 1. The summed E-state index contributed by atoms with van der Waals surface area (Å²) in [5, 5.41) is 0.641. The molecule has 0 saturated carbocycles. The van der Waals surface area contributed by atoms with Crippen LogP contribution in [0.25, 0.3) is 10.9 Å². The minimum absolute atomic E-state index is 0.102. The van der Waals surface area contributed by atoms with E-state index < -0.39 is 11.4 Å². The number of aromatic amines is 1. The van der Waals surface area contributed by atoms with Crippen molar-refractivity contribution >= 4 is 16.8 Å². The monoisotopic (exact) mass is 365 g/mol. The number of aromatic nitrogens is 1. The summed E-state index contributed by atoms with van der Waals surface area (Å²) in [5.74, 6) is -0.700. The van der Waals surface area contributed by atoms with E-state index in [1.165, 1.54) is 17.7 Å². The number of halogens is 1. The summed E-state index contributed by atoms with van der Waals surface area (Å²) in [6.45, 7) is 3.53. The normalized spacial score (nSPS) is 15.2. The zero-order valence-corrected chi connectivity index (χ0v) is 14.8. The van der Waals surface area contributed by atoms with Gasteiger partial charge in [-0.1, -0.05) is 30.3 Å². The second-order valence-corrected chi connectivity index (χ2v) is 6.80. The van der Waals surface area contributed by atoms with Crippen LogP contribution in [0, 0.1) is 5.82 Å². The maximum atomic E-state index is 13.3. The van der Waals surface area contributed by atoms with E-state index in [-0.39, 0.29) is 11.5 Å². The van der Waals surface area contributed by atoms with Crippen LogP contribution in [-0.4, -0.2) is 46.9 Å². The Kier molecular flexibility index (Phi) is 4.73. The molecule has 0 bridgehead atoms. The second-order valence-electron chi connectivity index (χ2n) is 6.80. The van der Waals surface area contributed by atoms with Gasteiger partial charge in [0, 0.05) is 32.7 Å². The van der Waals surface area contributed by atoms with Gasteiger partial charge >= 0.3 is 0 Å². The van der Waals surface area contributed by atoms with E-state index >= 15 is 0 Å². The van der Waals surface area contributed by atoms with Crippen LogP contribution in [-0.2, 0) is 6.54 Å². The molecule has 27 heavy (non-hydrogen) atoms. The maximum absolute atomic E-state index is 13.3. The quantitative estimate of drug-likeness (QED) is 0.776. The summed E-state index contributed by atoms with van der Waals surface area (Å²) in [6, 6.07) is 15.9. The van der Waals surface area contributed by atoms with Crippen molar-refractivity contribution in [2.45, 2.75) is 6.54 Å². The number of amides is 1. The summed E-state index contributed by atoms with van der Waals surface area (Å²) >= 11 is 0. The molecule has 5 nitrogen and oxygen atoms in total. The van der Waals surface area contributed by atoms with Gasteiger partial charge in [0.25, 0.3) is 11.5 Å². The number of carbonyl (C=O) groups is 1. The van der Waals surface area contributed by atoms with Gasteiger partial charge in [0.15, 0.2) is 0 Å². The van der Waals surface area contributed by atoms with Crippen LogP contribution in [0.5, 0.6) is 0 Å². The highest BCUT2D eigenvalue weighted by Gasteiger charge is 2.24. The van der Waals surface area contributed by atoms with Crippen LogP contribution in [0.2, 0.25) is 0 Å². The molecule has 0 atom stereocenters. The number of nitrogens with zero attached hydrogens (tertiary/aromatic N) is 2. The van der Waals surface area contributed by atoms with Crippen LogP contribution < -0.4 is 5.56 Å². The largest absolute Gasteiger partial charge is 0.336 e. The molecule has 1 N–H and O–H groups in total. The summed E-state index contributed by atoms with van der Waals surface area (Å²) < 4.78 is 13.3. The van der Waals surface area contributed by atoms with Gasteiger partial charge in [-0.3, -0.25) is 14.5 Å². The number of piperazine rings is 1. The lowest BCUT2D eigenvalue weighted by atomic mass is 10.1. The molecule has 0 radical (unpaired) electrons. The minimum Gasteiger partial charge on any atom is -0.336 e. The van der Waals surface area contributed by atoms with Gasteiger partial charge in [0.1, 0.15) is 11.4 Å². The molecule has 3 aromatic rings. The average Bonchev–Trinajstić information content (AvgIpc) is 2.68. The van der Waals surface area contributed by atoms with Crippen molar-refractivity contribution in [2.75, 3.05) is 26.2 Å². The molecule has 1 amide bonds. The Balaban J connectivity index is 1.46. The lowest BCUT2D eigenvalue weighted by Gasteiger charge is -2.34. The molecule has 1 aliphatic rings. The van der Waals surface area contributed by atoms with Crippen molar-refractivity contribution in [1.82, 2.24) is 14.8 Å². The van der Waals surface area contributed by atoms with Crippen molar-refractivity contribution < 1.29 is 9.18 Å². The third-order valence-electron chi connectivity index (χ3n) is 4.95. The van der Waals surface area contributed by atoms with Crippen LogP contribution in [0.3, 0.4) is 0 Å². The SMILES string of the molecule is O=C(c1cc2ccc(F)cc2[nH]c1=O)N1CCN(Cc2ccccc2)CC1. The Hall–Kier alpha value is -2.99. The molecule has 0 unspecified atom stereocenters. The third-order valence-corrected chi connectivity index (χ3v) is 4.95.